The molecule has 1 rings (SSSR count). The largest absolute Gasteiger partial charge is 0.328 e. The van der Waals surface area contributed by atoms with Crippen LogP contribution < -0.4 is 11.1 Å². The van der Waals surface area contributed by atoms with Crippen LogP contribution in [0.4, 0.5) is 0 Å². The normalized spacial score (nSPS) is 12.8. The number of nitrogens with two attached hydrogens (primary N) is 1. The maximum Gasteiger partial charge on any atom is 0.0541 e. The number of pyridine rings is 1. The number of aromatic nitrogens is 1. The van der Waals surface area contributed by atoms with Gasteiger partial charge in [-0.25, -0.2) is 0 Å². The Balaban J connectivity index is 2.13. The van der Waals surface area contributed by atoms with Gasteiger partial charge in [0.15, 0.2) is 0 Å². The lowest BCUT2D eigenvalue weighted by atomic mass is 10.2. The Morgan fingerprint density at radius 3 is 3.00 bits per heavy atom. The van der Waals surface area contributed by atoms with E-state index in [2.05, 4.69) is 10.3 Å². The summed E-state index contributed by atoms with van der Waals surface area (Å²) in [7, 11) is 0. The van der Waals surface area contributed by atoms with E-state index in [1.165, 1.54) is 0 Å². The summed E-state index contributed by atoms with van der Waals surface area (Å²) in [6.45, 7) is 3.80. The molecule has 0 aliphatic carbocycles. The Labute approximate surface area is 79.4 Å². The third kappa shape index (κ3) is 4.60. The van der Waals surface area contributed by atoms with Crippen molar-refractivity contribution in [2.24, 2.45) is 5.73 Å². The first-order valence-corrected chi connectivity index (χ1v) is 4.65. The smallest absolute Gasteiger partial charge is 0.0541 e. The zero-order valence-electron chi connectivity index (χ0n) is 8.03. The van der Waals surface area contributed by atoms with E-state index >= 15 is 0 Å². The van der Waals surface area contributed by atoms with Crippen molar-refractivity contribution < 1.29 is 0 Å². The Hall–Kier alpha value is -0.930. The van der Waals surface area contributed by atoms with Crippen LogP contribution in [0.2, 0.25) is 0 Å². The van der Waals surface area contributed by atoms with Crippen LogP contribution in [0.25, 0.3) is 0 Å². The van der Waals surface area contributed by atoms with Crippen LogP contribution in [0.3, 0.4) is 0 Å². The third-order valence-electron chi connectivity index (χ3n) is 1.81. The maximum atomic E-state index is 5.62. The quantitative estimate of drug-likeness (QED) is 0.660. The molecule has 1 aromatic rings. The number of hydrogen-bond acceptors (Lipinski definition) is 3. The van der Waals surface area contributed by atoms with Gasteiger partial charge in [0, 0.05) is 18.8 Å². The second-order valence-corrected chi connectivity index (χ2v) is 3.26. The molecule has 0 radical (unpaired) electrons. The molecule has 1 atom stereocenters. The van der Waals surface area contributed by atoms with Crippen LogP contribution in [0, 0.1) is 0 Å². The highest BCUT2D eigenvalue weighted by Gasteiger charge is 1.94. The molecule has 0 spiro atoms. The van der Waals surface area contributed by atoms with Crippen molar-refractivity contribution in [1.29, 1.82) is 0 Å². The summed E-state index contributed by atoms with van der Waals surface area (Å²) in [5, 5.41) is 3.29. The van der Waals surface area contributed by atoms with Gasteiger partial charge in [-0.3, -0.25) is 4.98 Å². The van der Waals surface area contributed by atoms with Gasteiger partial charge in [0.1, 0.15) is 0 Å². The maximum absolute atomic E-state index is 5.62. The van der Waals surface area contributed by atoms with Crippen molar-refractivity contribution >= 4 is 0 Å². The van der Waals surface area contributed by atoms with Crippen molar-refractivity contribution in [1.82, 2.24) is 10.3 Å². The van der Waals surface area contributed by atoms with E-state index in [1.807, 2.05) is 31.3 Å². The molecule has 0 bridgehead atoms. The van der Waals surface area contributed by atoms with Gasteiger partial charge in [0.2, 0.25) is 0 Å². The van der Waals surface area contributed by atoms with Gasteiger partial charge in [0.05, 0.1) is 5.69 Å². The summed E-state index contributed by atoms with van der Waals surface area (Å²) in [4.78, 5) is 4.20. The molecule has 3 heteroatoms. The Morgan fingerprint density at radius 2 is 2.38 bits per heavy atom. The van der Waals surface area contributed by atoms with E-state index in [0.717, 1.165) is 25.2 Å². The molecule has 3 nitrogen and oxygen atoms in total. The van der Waals surface area contributed by atoms with E-state index in [0.29, 0.717) is 0 Å². The van der Waals surface area contributed by atoms with Crippen LogP contribution in [-0.4, -0.2) is 17.6 Å². The summed E-state index contributed by atoms with van der Waals surface area (Å²) >= 11 is 0. The van der Waals surface area contributed by atoms with Crippen molar-refractivity contribution in [3.63, 3.8) is 0 Å². The third-order valence-corrected chi connectivity index (χ3v) is 1.81. The molecule has 0 amide bonds. The molecule has 0 aliphatic rings. The van der Waals surface area contributed by atoms with Crippen LogP contribution in [0.5, 0.6) is 0 Å². The predicted octanol–water partition coefficient (Wildman–Crippen LogP) is 0.908. The molecule has 3 N–H and O–H groups in total. The van der Waals surface area contributed by atoms with Crippen molar-refractivity contribution in [3.05, 3.63) is 30.1 Å². The Bertz CT molecular complexity index is 221. The van der Waals surface area contributed by atoms with Gasteiger partial charge >= 0.3 is 0 Å². The zero-order valence-corrected chi connectivity index (χ0v) is 8.03. The fraction of sp³-hybridized carbons (Fsp3) is 0.500. The van der Waals surface area contributed by atoms with Crippen LogP contribution in [0.1, 0.15) is 19.0 Å². The first-order chi connectivity index (χ1) is 6.29. The summed E-state index contributed by atoms with van der Waals surface area (Å²) in [6.07, 6.45) is 2.81. The molecule has 1 heterocycles. The van der Waals surface area contributed by atoms with E-state index in [4.69, 9.17) is 5.73 Å². The number of hydrogen-bond donors (Lipinski definition) is 2. The summed E-state index contributed by atoms with van der Waals surface area (Å²) in [6, 6.07) is 6.20. The number of nitrogens with zero attached hydrogens (tertiary/aromatic N) is 1. The summed E-state index contributed by atoms with van der Waals surface area (Å²) in [5.74, 6) is 0. The highest BCUT2D eigenvalue weighted by atomic mass is 14.9. The van der Waals surface area contributed by atoms with Gasteiger partial charge in [0.25, 0.3) is 0 Å². The highest BCUT2D eigenvalue weighted by molar-refractivity contribution is 5.02. The average Bonchev–Trinajstić information content (AvgIpc) is 2.14. The molecule has 0 aliphatic heterocycles. The molecule has 0 fully saturated rings. The molecule has 0 saturated heterocycles. The topological polar surface area (TPSA) is 50.9 Å². The molecular formula is C10H17N3. The van der Waals surface area contributed by atoms with Crippen molar-refractivity contribution in [3.8, 4) is 0 Å². The number of rotatable bonds is 5. The molecule has 72 valence electrons. The van der Waals surface area contributed by atoms with E-state index in [9.17, 15) is 0 Å². The van der Waals surface area contributed by atoms with E-state index < -0.39 is 0 Å². The summed E-state index contributed by atoms with van der Waals surface area (Å²) in [5.41, 5.74) is 6.69. The van der Waals surface area contributed by atoms with Gasteiger partial charge < -0.3 is 11.1 Å². The van der Waals surface area contributed by atoms with Crippen LogP contribution >= 0.6 is 0 Å². The molecular weight excluding hydrogens is 162 g/mol. The molecule has 1 unspecified atom stereocenters. The van der Waals surface area contributed by atoms with Gasteiger partial charge in [-0.05, 0) is 32.0 Å². The Kier molecular flexibility index (Phi) is 4.43. The molecule has 0 aromatic carbocycles. The van der Waals surface area contributed by atoms with Gasteiger partial charge in [-0.1, -0.05) is 6.07 Å². The SMILES string of the molecule is CC(N)CCNCc1ccccn1. The van der Waals surface area contributed by atoms with Gasteiger partial charge in [-0.2, -0.15) is 0 Å². The highest BCUT2D eigenvalue weighted by Crippen LogP contribution is 1.92. The second-order valence-electron chi connectivity index (χ2n) is 3.26. The first-order valence-electron chi connectivity index (χ1n) is 4.65. The number of nitrogens with one attached hydrogen (secondary N) is 1. The zero-order chi connectivity index (χ0) is 9.52. The lowest BCUT2D eigenvalue weighted by molar-refractivity contribution is 0.584. The predicted molar refractivity (Wildman–Crippen MR) is 54.2 cm³/mol. The van der Waals surface area contributed by atoms with Crippen molar-refractivity contribution in [2.75, 3.05) is 6.54 Å². The van der Waals surface area contributed by atoms with E-state index in [-0.39, 0.29) is 6.04 Å². The van der Waals surface area contributed by atoms with Crippen molar-refractivity contribution in [2.45, 2.75) is 25.9 Å². The first kappa shape index (κ1) is 10.2. The second kappa shape index (κ2) is 5.67. The standard InChI is InChI=1S/C10H17N3/c1-9(11)5-7-12-8-10-4-2-3-6-13-10/h2-4,6,9,12H,5,7-8,11H2,1H3. The van der Waals surface area contributed by atoms with Crippen LogP contribution in [-0.2, 0) is 6.54 Å². The Morgan fingerprint density at radius 1 is 1.54 bits per heavy atom. The molecule has 1 aromatic heterocycles. The minimum atomic E-state index is 0.274. The minimum Gasteiger partial charge on any atom is -0.328 e. The lowest BCUT2D eigenvalue weighted by Gasteiger charge is -2.06. The molecule has 0 saturated carbocycles. The molecule has 13 heavy (non-hydrogen) atoms. The fourth-order valence-corrected chi connectivity index (χ4v) is 1.05. The van der Waals surface area contributed by atoms with E-state index in [1.54, 1.807) is 0 Å². The average molecular weight is 179 g/mol. The monoisotopic (exact) mass is 179 g/mol. The minimum absolute atomic E-state index is 0.274. The fourth-order valence-electron chi connectivity index (χ4n) is 1.05. The lowest BCUT2D eigenvalue weighted by Crippen LogP contribution is -2.23. The summed E-state index contributed by atoms with van der Waals surface area (Å²) < 4.78 is 0. The van der Waals surface area contributed by atoms with Gasteiger partial charge in [-0.15, -0.1) is 0 Å². The van der Waals surface area contributed by atoms with Crippen LogP contribution in [0.15, 0.2) is 24.4 Å².